The molecule has 0 aliphatic rings. The van der Waals surface area contributed by atoms with E-state index in [1.807, 2.05) is 24.4 Å². The van der Waals surface area contributed by atoms with Crippen LogP contribution in [0.5, 0.6) is 5.75 Å². The van der Waals surface area contributed by atoms with Gasteiger partial charge in [0.1, 0.15) is 5.75 Å². The number of fused-ring (bicyclic) bond motifs is 1. The lowest BCUT2D eigenvalue weighted by Crippen LogP contribution is -2.37. The number of ether oxygens (including phenoxy) is 1. The molecule has 0 aliphatic heterocycles. The van der Waals surface area contributed by atoms with Crippen LogP contribution in [0.15, 0.2) is 30.5 Å². The molecule has 4 nitrogen and oxygen atoms in total. The average Bonchev–Trinajstić information content (AvgIpc) is 2.59. The van der Waals surface area contributed by atoms with E-state index in [-0.39, 0.29) is 0 Å². The van der Waals surface area contributed by atoms with Crippen LogP contribution >= 0.6 is 0 Å². The first-order valence-electron chi connectivity index (χ1n) is 8.60. The fourth-order valence-corrected chi connectivity index (χ4v) is 2.85. The highest BCUT2D eigenvalue weighted by Crippen LogP contribution is 2.27. The number of anilines is 1. The first-order chi connectivity index (χ1) is 11.2. The van der Waals surface area contributed by atoms with Crippen LogP contribution in [0.25, 0.3) is 10.9 Å². The zero-order valence-electron chi connectivity index (χ0n) is 14.8. The fourth-order valence-electron chi connectivity index (χ4n) is 2.85. The Labute approximate surface area is 139 Å². The first kappa shape index (κ1) is 17.5. The summed E-state index contributed by atoms with van der Waals surface area (Å²) in [6.45, 7) is 9.88. The lowest BCUT2D eigenvalue weighted by molar-refractivity contribution is 0.212. The van der Waals surface area contributed by atoms with Gasteiger partial charge in [-0.25, -0.2) is 0 Å². The Kier molecular flexibility index (Phi) is 6.66. The summed E-state index contributed by atoms with van der Waals surface area (Å²) >= 11 is 0. The van der Waals surface area contributed by atoms with Crippen molar-refractivity contribution in [2.24, 2.45) is 0 Å². The number of nitrogens with zero attached hydrogens (tertiary/aromatic N) is 2. The highest BCUT2D eigenvalue weighted by atomic mass is 16.5. The molecule has 1 N–H and O–H groups in total. The molecule has 126 valence electrons. The number of rotatable bonds is 9. The molecule has 1 heterocycles. The van der Waals surface area contributed by atoms with Crippen molar-refractivity contribution in [3.63, 3.8) is 0 Å². The number of pyridine rings is 1. The summed E-state index contributed by atoms with van der Waals surface area (Å²) in [6, 6.07) is 8.70. The number of nitrogens with one attached hydrogen (secondary N) is 1. The monoisotopic (exact) mass is 315 g/mol. The molecule has 2 aromatic rings. The molecule has 0 saturated carbocycles. The predicted molar refractivity (Wildman–Crippen MR) is 98.4 cm³/mol. The van der Waals surface area contributed by atoms with Crippen molar-refractivity contribution in [3.8, 4) is 5.75 Å². The predicted octanol–water partition coefficient (Wildman–Crippen LogP) is 4.17. The molecular formula is C19H29N3O. The molecule has 1 atom stereocenters. The smallest absolute Gasteiger partial charge is 0.121 e. The van der Waals surface area contributed by atoms with Crippen LogP contribution in [0.3, 0.4) is 0 Å². The Morgan fingerprint density at radius 2 is 2.09 bits per heavy atom. The van der Waals surface area contributed by atoms with Gasteiger partial charge in [-0.2, -0.15) is 0 Å². The van der Waals surface area contributed by atoms with Crippen molar-refractivity contribution in [3.05, 3.63) is 30.5 Å². The van der Waals surface area contributed by atoms with E-state index in [4.69, 9.17) is 4.74 Å². The molecule has 0 bridgehead atoms. The van der Waals surface area contributed by atoms with Crippen LogP contribution in [0.1, 0.15) is 33.6 Å². The Bertz CT molecular complexity index is 615. The van der Waals surface area contributed by atoms with E-state index in [2.05, 4.69) is 42.0 Å². The van der Waals surface area contributed by atoms with Crippen LogP contribution < -0.4 is 10.1 Å². The van der Waals surface area contributed by atoms with Crippen molar-refractivity contribution in [1.82, 2.24) is 9.88 Å². The highest BCUT2D eigenvalue weighted by molar-refractivity contribution is 5.91. The standard InChI is InChI=1S/C19H29N3O/c1-5-11-22(15(3)6-2)12-10-20-18-14-17(23-4)13-16-8-7-9-21-19(16)18/h7-9,13-15,20H,5-6,10-12H2,1-4H3. The Hall–Kier alpha value is -1.81. The molecular weight excluding hydrogens is 286 g/mol. The maximum Gasteiger partial charge on any atom is 0.121 e. The highest BCUT2D eigenvalue weighted by Gasteiger charge is 2.11. The van der Waals surface area contributed by atoms with E-state index < -0.39 is 0 Å². The van der Waals surface area contributed by atoms with Gasteiger partial charge >= 0.3 is 0 Å². The van der Waals surface area contributed by atoms with Gasteiger partial charge in [0.05, 0.1) is 18.3 Å². The molecule has 0 radical (unpaired) electrons. The number of hydrogen-bond acceptors (Lipinski definition) is 4. The minimum absolute atomic E-state index is 0.622. The Morgan fingerprint density at radius 3 is 2.78 bits per heavy atom. The number of benzene rings is 1. The van der Waals surface area contributed by atoms with Gasteiger partial charge in [0.25, 0.3) is 0 Å². The van der Waals surface area contributed by atoms with Gasteiger partial charge in [0.15, 0.2) is 0 Å². The second-order valence-corrected chi connectivity index (χ2v) is 5.97. The van der Waals surface area contributed by atoms with Gasteiger partial charge in [-0.05, 0) is 38.4 Å². The maximum atomic E-state index is 5.41. The third-order valence-corrected chi connectivity index (χ3v) is 4.35. The molecule has 0 spiro atoms. The number of aromatic nitrogens is 1. The molecule has 0 amide bonds. The van der Waals surface area contributed by atoms with Crippen LogP contribution in [0, 0.1) is 0 Å². The minimum Gasteiger partial charge on any atom is -0.497 e. The van der Waals surface area contributed by atoms with E-state index in [1.165, 1.54) is 12.8 Å². The van der Waals surface area contributed by atoms with E-state index in [0.29, 0.717) is 6.04 Å². The average molecular weight is 315 g/mol. The number of methoxy groups -OCH3 is 1. The third kappa shape index (κ3) is 4.58. The van der Waals surface area contributed by atoms with Crippen LogP contribution in [-0.4, -0.2) is 42.7 Å². The largest absolute Gasteiger partial charge is 0.497 e. The fraction of sp³-hybridized carbons (Fsp3) is 0.526. The zero-order valence-corrected chi connectivity index (χ0v) is 14.8. The summed E-state index contributed by atoms with van der Waals surface area (Å²) in [6.07, 6.45) is 4.21. The number of hydrogen-bond donors (Lipinski definition) is 1. The Morgan fingerprint density at radius 1 is 1.26 bits per heavy atom. The summed E-state index contributed by atoms with van der Waals surface area (Å²) in [5.74, 6) is 0.861. The summed E-state index contributed by atoms with van der Waals surface area (Å²) < 4.78 is 5.41. The molecule has 1 aromatic heterocycles. The van der Waals surface area contributed by atoms with Crippen LogP contribution in [0.4, 0.5) is 5.69 Å². The van der Waals surface area contributed by atoms with Crippen molar-refractivity contribution in [1.29, 1.82) is 0 Å². The maximum absolute atomic E-state index is 5.41. The van der Waals surface area contributed by atoms with Gasteiger partial charge in [-0.3, -0.25) is 9.88 Å². The first-order valence-corrected chi connectivity index (χ1v) is 8.60. The molecule has 0 aliphatic carbocycles. The SMILES string of the molecule is CCCN(CCNc1cc(OC)cc2cccnc12)C(C)CC. The quantitative estimate of drug-likeness (QED) is 0.754. The minimum atomic E-state index is 0.622. The molecule has 2 rings (SSSR count). The van der Waals surface area contributed by atoms with Gasteiger partial charge in [0, 0.05) is 36.8 Å². The normalized spacial score (nSPS) is 12.6. The second-order valence-electron chi connectivity index (χ2n) is 5.97. The van der Waals surface area contributed by atoms with Gasteiger partial charge in [-0.15, -0.1) is 0 Å². The van der Waals surface area contributed by atoms with E-state index in [1.54, 1.807) is 7.11 Å². The molecule has 1 unspecified atom stereocenters. The lowest BCUT2D eigenvalue weighted by atomic mass is 10.1. The van der Waals surface area contributed by atoms with Crippen molar-refractivity contribution < 1.29 is 4.74 Å². The second kappa shape index (κ2) is 8.73. The lowest BCUT2D eigenvalue weighted by Gasteiger charge is -2.28. The van der Waals surface area contributed by atoms with Crippen LogP contribution in [-0.2, 0) is 0 Å². The molecule has 0 fully saturated rings. The van der Waals surface area contributed by atoms with Crippen LogP contribution in [0.2, 0.25) is 0 Å². The van der Waals surface area contributed by atoms with Crippen molar-refractivity contribution >= 4 is 16.6 Å². The zero-order chi connectivity index (χ0) is 16.7. The molecule has 1 aromatic carbocycles. The van der Waals surface area contributed by atoms with Crippen molar-refractivity contribution in [2.75, 3.05) is 32.1 Å². The van der Waals surface area contributed by atoms with E-state index in [9.17, 15) is 0 Å². The summed E-state index contributed by atoms with van der Waals surface area (Å²) in [5, 5.41) is 4.64. The van der Waals surface area contributed by atoms with E-state index >= 15 is 0 Å². The molecule has 0 saturated heterocycles. The summed E-state index contributed by atoms with van der Waals surface area (Å²) in [7, 11) is 1.70. The van der Waals surface area contributed by atoms with E-state index in [0.717, 1.165) is 42.0 Å². The van der Waals surface area contributed by atoms with Gasteiger partial charge in [-0.1, -0.05) is 19.9 Å². The van der Waals surface area contributed by atoms with Gasteiger partial charge < -0.3 is 10.1 Å². The Balaban J connectivity index is 2.09. The molecule has 23 heavy (non-hydrogen) atoms. The van der Waals surface area contributed by atoms with Crippen molar-refractivity contribution in [2.45, 2.75) is 39.7 Å². The third-order valence-electron chi connectivity index (χ3n) is 4.35. The van der Waals surface area contributed by atoms with Gasteiger partial charge in [0.2, 0.25) is 0 Å². The topological polar surface area (TPSA) is 37.4 Å². The summed E-state index contributed by atoms with van der Waals surface area (Å²) in [5.41, 5.74) is 2.04. The molecule has 4 heteroatoms. The summed E-state index contributed by atoms with van der Waals surface area (Å²) in [4.78, 5) is 7.05.